The molecule has 0 spiro atoms. The van der Waals surface area contributed by atoms with Crippen LogP contribution in [0.2, 0.25) is 0 Å². The van der Waals surface area contributed by atoms with Gasteiger partial charge in [0.05, 0.1) is 0 Å². The number of rotatable bonds is 1. The number of halogens is 2. The van der Waals surface area contributed by atoms with E-state index in [1.807, 2.05) is 0 Å². The van der Waals surface area contributed by atoms with Gasteiger partial charge in [0.2, 0.25) is 5.88 Å². The van der Waals surface area contributed by atoms with Gasteiger partial charge in [-0.15, -0.1) is 0 Å². The van der Waals surface area contributed by atoms with Crippen molar-refractivity contribution in [2.75, 3.05) is 5.73 Å². The van der Waals surface area contributed by atoms with Crippen LogP contribution in [0.3, 0.4) is 0 Å². The van der Waals surface area contributed by atoms with Crippen LogP contribution < -0.4 is 5.73 Å². The lowest BCUT2D eigenvalue weighted by atomic mass is 10.1. The zero-order chi connectivity index (χ0) is 11.0. The maximum Gasteiger partial charge on any atom is 0.222 e. The molecule has 0 aliphatic rings. The Hall–Kier alpha value is -1.36. The summed E-state index contributed by atoms with van der Waals surface area (Å²) in [5, 5.41) is 3.67. The minimum absolute atomic E-state index is 0.169. The van der Waals surface area contributed by atoms with E-state index in [0.29, 0.717) is 16.8 Å². The zero-order valence-electron chi connectivity index (χ0n) is 7.92. The molecule has 2 aromatic rings. The first-order chi connectivity index (χ1) is 7.08. The Kier molecular flexibility index (Phi) is 2.48. The van der Waals surface area contributed by atoms with E-state index in [-0.39, 0.29) is 11.7 Å². The van der Waals surface area contributed by atoms with Crippen LogP contribution in [0.5, 0.6) is 0 Å². The van der Waals surface area contributed by atoms with Crippen LogP contribution in [0.1, 0.15) is 5.56 Å². The van der Waals surface area contributed by atoms with Crippen molar-refractivity contribution < 1.29 is 8.91 Å². The third-order valence-corrected chi connectivity index (χ3v) is 2.48. The van der Waals surface area contributed by atoms with Crippen molar-refractivity contribution in [3.8, 4) is 11.3 Å². The molecule has 78 valence electrons. The summed E-state index contributed by atoms with van der Waals surface area (Å²) in [4.78, 5) is 0. The Bertz CT molecular complexity index is 510. The van der Waals surface area contributed by atoms with E-state index in [9.17, 15) is 4.39 Å². The maximum atomic E-state index is 13.7. The second-order valence-corrected chi connectivity index (χ2v) is 4.11. The molecule has 0 saturated heterocycles. The van der Waals surface area contributed by atoms with Crippen molar-refractivity contribution in [1.82, 2.24) is 5.16 Å². The van der Waals surface area contributed by atoms with Crippen LogP contribution in [-0.2, 0) is 0 Å². The molecule has 1 aromatic carbocycles. The van der Waals surface area contributed by atoms with Crippen LogP contribution in [-0.4, -0.2) is 5.16 Å². The van der Waals surface area contributed by atoms with Gasteiger partial charge in [-0.1, -0.05) is 21.1 Å². The largest absolute Gasteiger partial charge is 0.368 e. The summed E-state index contributed by atoms with van der Waals surface area (Å²) < 4.78 is 19.2. The summed E-state index contributed by atoms with van der Waals surface area (Å²) in [6.45, 7) is 1.69. The molecule has 0 fully saturated rings. The Balaban J connectivity index is 2.62. The summed E-state index contributed by atoms with van der Waals surface area (Å²) in [5.41, 5.74) is 6.70. The molecule has 0 aliphatic carbocycles. The monoisotopic (exact) mass is 270 g/mol. The summed E-state index contributed by atoms with van der Waals surface area (Å²) in [7, 11) is 0. The van der Waals surface area contributed by atoms with Crippen molar-refractivity contribution in [1.29, 1.82) is 0 Å². The number of nitrogens with zero attached hydrogens (tertiary/aromatic N) is 1. The maximum absolute atomic E-state index is 13.7. The molecule has 0 unspecified atom stereocenters. The first-order valence-corrected chi connectivity index (χ1v) is 5.05. The van der Waals surface area contributed by atoms with Gasteiger partial charge in [-0.2, -0.15) is 0 Å². The first-order valence-electron chi connectivity index (χ1n) is 4.26. The number of nitrogen functional groups attached to an aromatic ring is 1. The smallest absolute Gasteiger partial charge is 0.222 e. The zero-order valence-corrected chi connectivity index (χ0v) is 9.51. The molecule has 0 amide bonds. The van der Waals surface area contributed by atoms with E-state index in [1.165, 1.54) is 6.07 Å². The molecule has 3 nitrogen and oxygen atoms in total. The fourth-order valence-electron chi connectivity index (χ4n) is 1.33. The highest BCUT2D eigenvalue weighted by atomic mass is 79.9. The number of hydrogen-bond acceptors (Lipinski definition) is 3. The van der Waals surface area contributed by atoms with Crippen molar-refractivity contribution in [2.45, 2.75) is 6.92 Å². The number of aromatic nitrogens is 1. The lowest BCUT2D eigenvalue weighted by Crippen LogP contribution is -1.89. The molecule has 0 saturated carbocycles. The third kappa shape index (κ3) is 1.87. The summed E-state index contributed by atoms with van der Waals surface area (Å²) >= 11 is 3.29. The molecule has 0 radical (unpaired) electrons. The van der Waals surface area contributed by atoms with Crippen molar-refractivity contribution in [3.63, 3.8) is 0 Å². The predicted molar refractivity (Wildman–Crippen MR) is 58.7 cm³/mol. The lowest BCUT2D eigenvalue weighted by molar-refractivity contribution is 0.438. The average Bonchev–Trinajstić information content (AvgIpc) is 2.58. The highest BCUT2D eigenvalue weighted by Gasteiger charge is 2.12. The van der Waals surface area contributed by atoms with Crippen molar-refractivity contribution in [2.24, 2.45) is 0 Å². The Morgan fingerprint density at radius 2 is 2.13 bits per heavy atom. The Morgan fingerprint density at radius 3 is 2.73 bits per heavy atom. The second-order valence-electron chi connectivity index (χ2n) is 3.20. The fraction of sp³-hybridized carbons (Fsp3) is 0.100. The summed E-state index contributed by atoms with van der Waals surface area (Å²) in [6, 6.07) is 4.83. The Morgan fingerprint density at radius 1 is 1.40 bits per heavy atom. The minimum atomic E-state index is -0.313. The van der Waals surface area contributed by atoms with Gasteiger partial charge in [-0.3, -0.25) is 0 Å². The van der Waals surface area contributed by atoms with E-state index in [0.717, 1.165) is 4.47 Å². The van der Waals surface area contributed by atoms with Crippen molar-refractivity contribution >= 4 is 21.8 Å². The highest BCUT2D eigenvalue weighted by molar-refractivity contribution is 9.10. The predicted octanol–water partition coefficient (Wildman–Crippen LogP) is 3.13. The average molecular weight is 271 g/mol. The van der Waals surface area contributed by atoms with Crippen LogP contribution in [0.25, 0.3) is 11.3 Å². The van der Waals surface area contributed by atoms with Crippen LogP contribution in [0.4, 0.5) is 10.3 Å². The highest BCUT2D eigenvalue weighted by Crippen LogP contribution is 2.28. The van der Waals surface area contributed by atoms with E-state index in [2.05, 4.69) is 21.1 Å². The number of aryl methyl sites for hydroxylation is 1. The lowest BCUT2D eigenvalue weighted by Gasteiger charge is -2.03. The van der Waals surface area contributed by atoms with E-state index in [4.69, 9.17) is 10.3 Å². The van der Waals surface area contributed by atoms with Gasteiger partial charge < -0.3 is 10.3 Å². The van der Waals surface area contributed by atoms with Gasteiger partial charge in [-0.05, 0) is 24.6 Å². The normalized spacial score (nSPS) is 10.6. The molecule has 15 heavy (non-hydrogen) atoms. The molecule has 0 atom stereocenters. The molecule has 0 aliphatic heterocycles. The third-order valence-electron chi connectivity index (χ3n) is 2.02. The summed E-state index contributed by atoms with van der Waals surface area (Å²) in [5.74, 6) is -0.145. The SMILES string of the molecule is Cc1cc(Br)cc(-c2cc(N)on2)c1F. The van der Waals surface area contributed by atoms with Gasteiger partial charge in [0.15, 0.2) is 0 Å². The van der Waals surface area contributed by atoms with Gasteiger partial charge in [0.1, 0.15) is 11.5 Å². The standard InChI is InChI=1S/C10H8BrFN2O/c1-5-2-6(11)3-7(10(5)12)8-4-9(13)15-14-8/h2-4H,13H2,1H3. The fourth-order valence-corrected chi connectivity index (χ4v) is 1.90. The molecule has 2 rings (SSSR count). The quantitative estimate of drug-likeness (QED) is 0.866. The van der Waals surface area contributed by atoms with Crippen LogP contribution in [0.15, 0.2) is 27.2 Å². The minimum Gasteiger partial charge on any atom is -0.368 e. The second kappa shape index (κ2) is 3.66. The number of benzene rings is 1. The molecule has 0 bridgehead atoms. The van der Waals surface area contributed by atoms with E-state index >= 15 is 0 Å². The molecule has 5 heteroatoms. The topological polar surface area (TPSA) is 52.0 Å². The molecule has 1 heterocycles. The van der Waals surface area contributed by atoms with Crippen molar-refractivity contribution in [3.05, 3.63) is 34.1 Å². The van der Waals surface area contributed by atoms with Gasteiger partial charge in [0, 0.05) is 16.1 Å². The van der Waals surface area contributed by atoms with Gasteiger partial charge in [-0.25, -0.2) is 4.39 Å². The van der Waals surface area contributed by atoms with Gasteiger partial charge in [0.25, 0.3) is 0 Å². The first kappa shape index (κ1) is 10.2. The van der Waals surface area contributed by atoms with Crippen LogP contribution in [0, 0.1) is 12.7 Å². The number of nitrogens with two attached hydrogens (primary N) is 1. The molecule has 1 aromatic heterocycles. The molecule has 2 N–H and O–H groups in total. The molecular formula is C10H8BrFN2O. The van der Waals surface area contributed by atoms with Crippen LogP contribution >= 0.6 is 15.9 Å². The molecular weight excluding hydrogens is 263 g/mol. The Labute approximate surface area is 94.2 Å². The van der Waals surface area contributed by atoms with E-state index in [1.54, 1.807) is 19.1 Å². The number of anilines is 1. The van der Waals surface area contributed by atoms with Gasteiger partial charge >= 0.3 is 0 Å². The number of hydrogen-bond donors (Lipinski definition) is 1. The van der Waals surface area contributed by atoms with E-state index < -0.39 is 0 Å². The summed E-state index contributed by atoms with van der Waals surface area (Å²) in [6.07, 6.45) is 0.